The van der Waals surface area contributed by atoms with Crippen molar-refractivity contribution >= 4 is 15.7 Å². The summed E-state index contributed by atoms with van der Waals surface area (Å²) in [6.07, 6.45) is 3.48. The van der Waals surface area contributed by atoms with E-state index in [2.05, 4.69) is 19.9 Å². The summed E-state index contributed by atoms with van der Waals surface area (Å²) in [5.74, 6) is 2.88. The first-order valence-corrected chi connectivity index (χ1v) is 12.4. The third-order valence-corrected chi connectivity index (χ3v) is 6.25. The smallest absolute Gasteiger partial charge is 0.265 e. The van der Waals surface area contributed by atoms with Crippen LogP contribution >= 0.6 is 0 Å². The number of benzene rings is 2. The van der Waals surface area contributed by atoms with Crippen molar-refractivity contribution in [2.24, 2.45) is 0 Å². The first kappa shape index (κ1) is 24.0. The second kappa shape index (κ2) is 10.4. The molecule has 2 aromatic heterocycles. The molecular formula is C24H25N5O5S. The van der Waals surface area contributed by atoms with Crippen molar-refractivity contribution < 1.29 is 22.6 Å². The molecule has 0 unspecified atom stereocenters. The average molecular weight is 496 g/mol. The fourth-order valence-electron chi connectivity index (χ4n) is 3.27. The van der Waals surface area contributed by atoms with E-state index in [9.17, 15) is 8.42 Å². The van der Waals surface area contributed by atoms with Gasteiger partial charge in [0.15, 0.2) is 5.82 Å². The van der Waals surface area contributed by atoms with E-state index in [1.807, 2.05) is 13.8 Å². The highest BCUT2D eigenvalue weighted by molar-refractivity contribution is 7.92. The van der Waals surface area contributed by atoms with Crippen molar-refractivity contribution in [2.45, 2.75) is 25.7 Å². The number of rotatable bonds is 10. The van der Waals surface area contributed by atoms with Gasteiger partial charge in [-0.25, -0.2) is 13.4 Å². The highest BCUT2D eigenvalue weighted by Gasteiger charge is 2.21. The standard InChI is InChI=1S/C24H25N5O5S/c1-4-32-20-10-11-21(33-5-2)22(16-20)35(30,31)28-18-6-8-19(9-7-18)34-24-13-12-23(26-27-24)29-15-14-25-17(29)3/h6-16,28H,4-5H2,1-3H3. The number of ether oxygens (including phenoxy) is 3. The number of sulfonamides is 1. The van der Waals surface area contributed by atoms with Crippen LogP contribution in [-0.4, -0.2) is 41.4 Å². The van der Waals surface area contributed by atoms with Gasteiger partial charge in [-0.15, -0.1) is 10.2 Å². The van der Waals surface area contributed by atoms with Gasteiger partial charge >= 0.3 is 0 Å². The van der Waals surface area contributed by atoms with Gasteiger partial charge in [-0.2, -0.15) is 0 Å². The summed E-state index contributed by atoms with van der Waals surface area (Å²) < 4.78 is 47.2. The quantitative estimate of drug-likeness (QED) is 0.345. The predicted molar refractivity (Wildman–Crippen MR) is 130 cm³/mol. The van der Waals surface area contributed by atoms with E-state index in [0.29, 0.717) is 42.1 Å². The molecule has 0 amide bonds. The van der Waals surface area contributed by atoms with Gasteiger partial charge in [0.05, 0.1) is 13.2 Å². The fraction of sp³-hybridized carbons (Fsp3) is 0.208. The minimum Gasteiger partial charge on any atom is -0.494 e. The maximum absolute atomic E-state index is 13.1. The number of anilines is 1. The molecule has 0 atom stereocenters. The van der Waals surface area contributed by atoms with Crippen molar-refractivity contribution in [3.05, 3.63) is 72.8 Å². The van der Waals surface area contributed by atoms with E-state index in [-0.39, 0.29) is 10.6 Å². The zero-order valence-corrected chi connectivity index (χ0v) is 20.3. The molecule has 182 valence electrons. The SMILES string of the molecule is CCOc1ccc(OCC)c(S(=O)(=O)Nc2ccc(Oc3ccc(-n4ccnc4C)nn3)cc2)c1. The third kappa shape index (κ3) is 5.69. The average Bonchev–Trinajstić information content (AvgIpc) is 3.28. The normalized spacial score (nSPS) is 11.2. The van der Waals surface area contributed by atoms with Gasteiger partial charge in [0, 0.05) is 30.2 Å². The Hall–Kier alpha value is -4.12. The van der Waals surface area contributed by atoms with Crippen molar-refractivity contribution in [2.75, 3.05) is 17.9 Å². The molecule has 0 aliphatic carbocycles. The molecule has 0 spiro atoms. The van der Waals surface area contributed by atoms with Crippen molar-refractivity contribution in [1.82, 2.24) is 19.7 Å². The van der Waals surface area contributed by atoms with E-state index < -0.39 is 10.0 Å². The Morgan fingerprint density at radius 2 is 1.66 bits per heavy atom. The molecule has 11 heteroatoms. The second-order valence-electron chi connectivity index (χ2n) is 7.28. The van der Waals surface area contributed by atoms with Crippen molar-refractivity contribution in [3.8, 4) is 28.9 Å². The molecule has 0 radical (unpaired) electrons. The lowest BCUT2D eigenvalue weighted by atomic mass is 10.3. The molecule has 4 rings (SSSR count). The van der Waals surface area contributed by atoms with Crippen LogP contribution in [0.5, 0.6) is 23.1 Å². The molecule has 35 heavy (non-hydrogen) atoms. The summed E-state index contributed by atoms with van der Waals surface area (Å²) in [5.41, 5.74) is 0.360. The number of aromatic nitrogens is 4. The molecule has 2 aromatic carbocycles. The van der Waals surface area contributed by atoms with Crippen LogP contribution < -0.4 is 18.9 Å². The zero-order valence-electron chi connectivity index (χ0n) is 19.5. The Bertz CT molecular complexity index is 1390. The van der Waals surface area contributed by atoms with Gasteiger partial charge in [-0.3, -0.25) is 9.29 Å². The molecule has 0 saturated carbocycles. The van der Waals surface area contributed by atoms with Gasteiger partial charge < -0.3 is 14.2 Å². The monoisotopic (exact) mass is 495 g/mol. The zero-order chi connectivity index (χ0) is 24.8. The number of nitrogens with one attached hydrogen (secondary N) is 1. The molecular weight excluding hydrogens is 470 g/mol. The molecule has 0 aliphatic rings. The van der Waals surface area contributed by atoms with Gasteiger partial charge in [0.2, 0.25) is 5.88 Å². The third-order valence-electron chi connectivity index (χ3n) is 4.84. The van der Waals surface area contributed by atoms with E-state index in [0.717, 1.165) is 5.82 Å². The first-order valence-electron chi connectivity index (χ1n) is 10.9. The number of hydrogen-bond acceptors (Lipinski definition) is 8. The van der Waals surface area contributed by atoms with Crippen LogP contribution in [0.1, 0.15) is 19.7 Å². The van der Waals surface area contributed by atoms with Crippen molar-refractivity contribution in [3.63, 3.8) is 0 Å². The highest BCUT2D eigenvalue weighted by Crippen LogP contribution is 2.31. The fourth-order valence-corrected chi connectivity index (χ4v) is 4.49. The van der Waals surface area contributed by atoms with Crippen LogP contribution in [0.15, 0.2) is 71.9 Å². The van der Waals surface area contributed by atoms with Gasteiger partial charge in [-0.05, 0) is 63.2 Å². The highest BCUT2D eigenvalue weighted by atomic mass is 32.2. The van der Waals surface area contributed by atoms with Crippen LogP contribution in [0.4, 0.5) is 5.69 Å². The lowest BCUT2D eigenvalue weighted by Gasteiger charge is -2.14. The van der Waals surface area contributed by atoms with Crippen molar-refractivity contribution in [1.29, 1.82) is 0 Å². The molecule has 0 aliphatic heterocycles. The van der Waals surface area contributed by atoms with Gasteiger partial charge in [0.25, 0.3) is 10.0 Å². The van der Waals surface area contributed by atoms with Crippen LogP contribution in [-0.2, 0) is 10.0 Å². The summed E-state index contributed by atoms with van der Waals surface area (Å²) in [7, 11) is -3.93. The Balaban J connectivity index is 1.47. The largest absolute Gasteiger partial charge is 0.494 e. The minimum atomic E-state index is -3.93. The minimum absolute atomic E-state index is 0.00544. The molecule has 2 heterocycles. The van der Waals surface area contributed by atoms with Gasteiger partial charge in [-0.1, -0.05) is 0 Å². The van der Waals surface area contributed by atoms with Crippen LogP contribution in [0, 0.1) is 6.92 Å². The van der Waals surface area contributed by atoms with Crippen LogP contribution in [0.2, 0.25) is 0 Å². The summed E-state index contributed by atoms with van der Waals surface area (Å²) >= 11 is 0. The lowest BCUT2D eigenvalue weighted by molar-refractivity contribution is 0.322. The summed E-state index contributed by atoms with van der Waals surface area (Å²) in [5, 5.41) is 8.24. The summed E-state index contributed by atoms with van der Waals surface area (Å²) in [4.78, 5) is 4.16. The number of aryl methyl sites for hydroxylation is 1. The molecule has 0 fully saturated rings. The number of imidazole rings is 1. The molecule has 10 nitrogen and oxygen atoms in total. The van der Waals surface area contributed by atoms with Crippen LogP contribution in [0.3, 0.4) is 0 Å². The van der Waals surface area contributed by atoms with Crippen LogP contribution in [0.25, 0.3) is 5.82 Å². The lowest BCUT2D eigenvalue weighted by Crippen LogP contribution is -2.14. The molecule has 1 N–H and O–H groups in total. The first-order chi connectivity index (χ1) is 16.9. The maximum atomic E-state index is 13.1. The molecule has 0 saturated heterocycles. The maximum Gasteiger partial charge on any atom is 0.265 e. The number of nitrogens with zero attached hydrogens (tertiary/aromatic N) is 4. The predicted octanol–water partition coefficient (Wildman–Crippen LogP) is 4.36. The Morgan fingerprint density at radius 3 is 2.29 bits per heavy atom. The molecule has 0 bridgehead atoms. The Kier molecular flexibility index (Phi) is 7.16. The van der Waals surface area contributed by atoms with E-state index in [4.69, 9.17) is 14.2 Å². The Labute approximate surface area is 203 Å². The molecule has 4 aromatic rings. The van der Waals surface area contributed by atoms with E-state index in [1.165, 1.54) is 6.07 Å². The Morgan fingerprint density at radius 1 is 0.914 bits per heavy atom. The second-order valence-corrected chi connectivity index (χ2v) is 8.93. The van der Waals surface area contributed by atoms with Gasteiger partial charge in [0.1, 0.15) is 28.0 Å². The summed E-state index contributed by atoms with van der Waals surface area (Å²) in [6, 6.07) is 14.6. The topological polar surface area (TPSA) is 117 Å². The summed E-state index contributed by atoms with van der Waals surface area (Å²) in [6.45, 7) is 6.23. The number of hydrogen-bond donors (Lipinski definition) is 1. The van der Waals surface area contributed by atoms with E-state index >= 15 is 0 Å². The van der Waals surface area contributed by atoms with E-state index in [1.54, 1.807) is 72.4 Å².